The van der Waals surface area contributed by atoms with Gasteiger partial charge < -0.3 is 15.8 Å². The van der Waals surface area contributed by atoms with Gasteiger partial charge in [0.1, 0.15) is 6.10 Å². The number of hydrogen-bond acceptors (Lipinski definition) is 3. The van der Waals surface area contributed by atoms with Crippen LogP contribution in [0.2, 0.25) is 0 Å². The monoisotopic (exact) mass is 236 g/mol. The predicted molar refractivity (Wildman–Crippen MR) is 69.8 cm³/mol. The SMILES string of the molecule is CCC(C)OC(C)C(=O)Nc1ccccc1N. The van der Waals surface area contributed by atoms with E-state index in [1.165, 1.54) is 0 Å². The normalized spacial score (nSPS) is 14.1. The van der Waals surface area contributed by atoms with Crippen molar-refractivity contribution in [2.75, 3.05) is 11.1 Å². The fraction of sp³-hybridized carbons (Fsp3) is 0.462. The lowest BCUT2D eigenvalue weighted by atomic mass is 10.2. The highest BCUT2D eigenvalue weighted by Crippen LogP contribution is 2.17. The molecule has 0 aliphatic carbocycles. The summed E-state index contributed by atoms with van der Waals surface area (Å²) in [6.45, 7) is 5.70. The molecule has 0 spiro atoms. The van der Waals surface area contributed by atoms with Gasteiger partial charge in [0.15, 0.2) is 0 Å². The van der Waals surface area contributed by atoms with Gasteiger partial charge in [-0.25, -0.2) is 0 Å². The Balaban J connectivity index is 2.57. The number of ether oxygens (including phenoxy) is 1. The van der Waals surface area contributed by atoms with Gasteiger partial charge in [-0.15, -0.1) is 0 Å². The summed E-state index contributed by atoms with van der Waals surface area (Å²) in [5.74, 6) is -0.178. The molecule has 1 aromatic rings. The van der Waals surface area contributed by atoms with Crippen LogP contribution < -0.4 is 11.1 Å². The molecular formula is C13H20N2O2. The molecule has 0 aliphatic heterocycles. The summed E-state index contributed by atoms with van der Waals surface area (Å²) in [7, 11) is 0. The van der Waals surface area contributed by atoms with Gasteiger partial charge in [-0.2, -0.15) is 0 Å². The predicted octanol–water partition coefficient (Wildman–Crippen LogP) is 2.41. The van der Waals surface area contributed by atoms with Crippen LogP contribution in [0.3, 0.4) is 0 Å². The Hall–Kier alpha value is -1.55. The topological polar surface area (TPSA) is 64.3 Å². The molecule has 0 heterocycles. The van der Waals surface area contributed by atoms with Crippen LogP contribution in [0, 0.1) is 0 Å². The van der Waals surface area contributed by atoms with Crippen molar-refractivity contribution < 1.29 is 9.53 Å². The van der Waals surface area contributed by atoms with Gasteiger partial charge in [0.2, 0.25) is 0 Å². The molecule has 1 amide bonds. The number of para-hydroxylation sites is 2. The number of carbonyl (C=O) groups is 1. The minimum atomic E-state index is -0.482. The zero-order valence-corrected chi connectivity index (χ0v) is 10.6. The van der Waals surface area contributed by atoms with Gasteiger partial charge in [-0.3, -0.25) is 4.79 Å². The highest BCUT2D eigenvalue weighted by molar-refractivity contribution is 5.96. The second kappa shape index (κ2) is 6.25. The van der Waals surface area contributed by atoms with Crippen molar-refractivity contribution in [2.45, 2.75) is 39.4 Å². The molecule has 0 radical (unpaired) electrons. The Morgan fingerprint density at radius 1 is 1.41 bits per heavy atom. The molecule has 2 unspecified atom stereocenters. The summed E-state index contributed by atoms with van der Waals surface area (Å²) in [4.78, 5) is 11.8. The van der Waals surface area contributed by atoms with Gasteiger partial charge in [0.05, 0.1) is 17.5 Å². The average molecular weight is 236 g/mol. The molecule has 0 bridgehead atoms. The van der Waals surface area contributed by atoms with E-state index in [-0.39, 0.29) is 12.0 Å². The van der Waals surface area contributed by atoms with Crippen LogP contribution in [0.25, 0.3) is 0 Å². The number of carbonyl (C=O) groups excluding carboxylic acids is 1. The van der Waals surface area contributed by atoms with E-state index in [2.05, 4.69) is 5.32 Å². The van der Waals surface area contributed by atoms with Gasteiger partial charge in [-0.1, -0.05) is 19.1 Å². The minimum absolute atomic E-state index is 0.0730. The quantitative estimate of drug-likeness (QED) is 0.772. The highest BCUT2D eigenvalue weighted by atomic mass is 16.5. The van der Waals surface area contributed by atoms with Crippen molar-refractivity contribution in [3.63, 3.8) is 0 Å². The first-order chi connectivity index (χ1) is 8.04. The fourth-order valence-corrected chi connectivity index (χ4v) is 1.35. The van der Waals surface area contributed by atoms with Crippen LogP contribution >= 0.6 is 0 Å². The Morgan fingerprint density at radius 3 is 2.65 bits per heavy atom. The molecule has 0 saturated carbocycles. The molecule has 4 nitrogen and oxygen atoms in total. The summed E-state index contributed by atoms with van der Waals surface area (Å²) in [6.07, 6.45) is 0.471. The summed E-state index contributed by atoms with van der Waals surface area (Å²) < 4.78 is 5.52. The zero-order valence-electron chi connectivity index (χ0n) is 10.6. The van der Waals surface area contributed by atoms with Crippen molar-refractivity contribution in [1.29, 1.82) is 0 Å². The molecule has 17 heavy (non-hydrogen) atoms. The van der Waals surface area contributed by atoms with Crippen LogP contribution in [-0.4, -0.2) is 18.1 Å². The van der Waals surface area contributed by atoms with Crippen molar-refractivity contribution in [1.82, 2.24) is 0 Å². The lowest BCUT2D eigenvalue weighted by Crippen LogP contribution is -2.30. The Labute approximate surface area is 102 Å². The van der Waals surface area contributed by atoms with Crippen LogP contribution in [0.5, 0.6) is 0 Å². The number of hydrogen-bond donors (Lipinski definition) is 2. The maximum absolute atomic E-state index is 11.8. The van der Waals surface area contributed by atoms with E-state index in [4.69, 9.17) is 10.5 Å². The first-order valence-corrected chi connectivity index (χ1v) is 5.85. The number of amides is 1. The maximum atomic E-state index is 11.8. The van der Waals surface area contributed by atoms with Gasteiger partial charge >= 0.3 is 0 Å². The molecule has 2 atom stereocenters. The number of nitrogens with one attached hydrogen (secondary N) is 1. The van der Waals surface area contributed by atoms with Crippen LogP contribution in [0.15, 0.2) is 24.3 Å². The summed E-state index contributed by atoms with van der Waals surface area (Å²) in [6, 6.07) is 7.16. The number of anilines is 2. The summed E-state index contributed by atoms with van der Waals surface area (Å²) in [5.41, 5.74) is 6.92. The van der Waals surface area contributed by atoms with Gasteiger partial charge in [0, 0.05) is 0 Å². The lowest BCUT2D eigenvalue weighted by Gasteiger charge is -2.18. The van der Waals surface area contributed by atoms with Crippen molar-refractivity contribution in [3.8, 4) is 0 Å². The first-order valence-electron chi connectivity index (χ1n) is 5.85. The molecule has 1 aromatic carbocycles. The minimum Gasteiger partial charge on any atom is -0.397 e. The van der Waals surface area contributed by atoms with Gasteiger partial charge in [-0.05, 0) is 32.4 Å². The number of benzene rings is 1. The highest BCUT2D eigenvalue weighted by Gasteiger charge is 2.16. The van der Waals surface area contributed by atoms with E-state index in [1.807, 2.05) is 26.0 Å². The molecule has 0 aromatic heterocycles. The van der Waals surface area contributed by atoms with E-state index >= 15 is 0 Å². The molecule has 0 saturated heterocycles. The van der Waals surface area contributed by atoms with E-state index in [1.54, 1.807) is 19.1 Å². The van der Waals surface area contributed by atoms with Gasteiger partial charge in [0.25, 0.3) is 5.91 Å². The number of rotatable bonds is 5. The molecule has 94 valence electrons. The third-order valence-corrected chi connectivity index (χ3v) is 2.60. The number of nitrogen functional groups attached to an aromatic ring is 1. The van der Waals surface area contributed by atoms with Crippen molar-refractivity contribution in [3.05, 3.63) is 24.3 Å². The summed E-state index contributed by atoms with van der Waals surface area (Å²) >= 11 is 0. The maximum Gasteiger partial charge on any atom is 0.253 e. The fourth-order valence-electron chi connectivity index (χ4n) is 1.35. The van der Waals surface area contributed by atoms with Crippen LogP contribution in [-0.2, 0) is 9.53 Å². The molecular weight excluding hydrogens is 216 g/mol. The standard InChI is InChI=1S/C13H20N2O2/c1-4-9(2)17-10(3)13(16)15-12-8-6-5-7-11(12)14/h5-10H,4,14H2,1-3H3,(H,15,16). The second-order valence-corrected chi connectivity index (χ2v) is 4.07. The molecule has 4 heteroatoms. The van der Waals surface area contributed by atoms with Crippen molar-refractivity contribution >= 4 is 17.3 Å². The van der Waals surface area contributed by atoms with E-state index in [0.29, 0.717) is 11.4 Å². The third kappa shape index (κ3) is 4.07. The van der Waals surface area contributed by atoms with Crippen molar-refractivity contribution in [2.24, 2.45) is 0 Å². The van der Waals surface area contributed by atoms with E-state index in [9.17, 15) is 4.79 Å². The second-order valence-electron chi connectivity index (χ2n) is 4.07. The zero-order chi connectivity index (χ0) is 12.8. The average Bonchev–Trinajstić information content (AvgIpc) is 2.31. The van der Waals surface area contributed by atoms with Crippen LogP contribution in [0.4, 0.5) is 11.4 Å². The molecule has 1 rings (SSSR count). The first kappa shape index (κ1) is 13.5. The summed E-state index contributed by atoms with van der Waals surface area (Å²) in [5, 5.41) is 2.75. The largest absolute Gasteiger partial charge is 0.397 e. The Kier molecular flexibility index (Phi) is 4.97. The van der Waals surface area contributed by atoms with E-state index in [0.717, 1.165) is 6.42 Å². The number of nitrogens with two attached hydrogens (primary N) is 1. The smallest absolute Gasteiger partial charge is 0.253 e. The molecule has 0 aliphatic rings. The third-order valence-electron chi connectivity index (χ3n) is 2.60. The Morgan fingerprint density at radius 2 is 2.06 bits per heavy atom. The molecule has 0 fully saturated rings. The lowest BCUT2D eigenvalue weighted by molar-refractivity contribution is -0.129. The van der Waals surface area contributed by atoms with Crippen LogP contribution in [0.1, 0.15) is 27.2 Å². The Bertz CT molecular complexity index is 379. The van der Waals surface area contributed by atoms with E-state index < -0.39 is 6.10 Å². The molecule has 3 N–H and O–H groups in total.